The van der Waals surface area contributed by atoms with Gasteiger partial charge in [-0.1, -0.05) is 42.5 Å². The molecule has 0 fully saturated rings. The number of carbonyl (C=O) groups is 2. The van der Waals surface area contributed by atoms with Gasteiger partial charge in [-0.15, -0.1) is 11.6 Å². The van der Waals surface area contributed by atoms with E-state index < -0.39 is 18.0 Å². The molecule has 4 nitrogen and oxygen atoms in total. The summed E-state index contributed by atoms with van der Waals surface area (Å²) in [5.41, 5.74) is 0.778. The number of esters is 1. The SMILES string of the molecule is O=C(O)c1ccccc1C(=O)O[C@H](CCCl)c1ccccc1. The lowest BCUT2D eigenvalue weighted by Crippen LogP contribution is -2.15. The normalized spacial score (nSPS) is 11.7. The van der Waals surface area contributed by atoms with E-state index in [0.29, 0.717) is 12.3 Å². The third-order valence-corrected chi connectivity index (χ3v) is 3.39. The molecule has 0 heterocycles. The van der Waals surface area contributed by atoms with Crippen LogP contribution >= 0.6 is 11.6 Å². The number of hydrogen-bond acceptors (Lipinski definition) is 3. The average molecular weight is 319 g/mol. The Labute approximate surface area is 133 Å². The van der Waals surface area contributed by atoms with Crippen molar-refractivity contribution >= 4 is 23.5 Å². The van der Waals surface area contributed by atoms with Gasteiger partial charge in [0.25, 0.3) is 0 Å². The van der Waals surface area contributed by atoms with Crippen LogP contribution in [0.25, 0.3) is 0 Å². The second kappa shape index (κ2) is 7.61. The Morgan fingerprint density at radius 3 is 2.18 bits per heavy atom. The summed E-state index contributed by atoms with van der Waals surface area (Å²) in [6.45, 7) is 0. The summed E-state index contributed by atoms with van der Waals surface area (Å²) in [6.07, 6.45) is -0.0555. The van der Waals surface area contributed by atoms with Gasteiger partial charge < -0.3 is 9.84 Å². The Morgan fingerprint density at radius 1 is 1.00 bits per heavy atom. The molecule has 2 rings (SSSR count). The first-order valence-electron chi connectivity index (χ1n) is 6.77. The van der Waals surface area contributed by atoms with E-state index in [-0.39, 0.29) is 11.1 Å². The molecular weight excluding hydrogens is 304 g/mol. The van der Waals surface area contributed by atoms with Crippen LogP contribution in [-0.4, -0.2) is 22.9 Å². The van der Waals surface area contributed by atoms with Crippen LogP contribution in [-0.2, 0) is 4.74 Å². The van der Waals surface area contributed by atoms with Crippen LogP contribution < -0.4 is 0 Å². The lowest BCUT2D eigenvalue weighted by atomic mass is 10.1. The number of carbonyl (C=O) groups excluding carboxylic acids is 1. The minimum atomic E-state index is -1.17. The summed E-state index contributed by atoms with van der Waals surface area (Å²) < 4.78 is 5.47. The van der Waals surface area contributed by atoms with Crippen molar-refractivity contribution in [3.05, 3.63) is 71.3 Å². The smallest absolute Gasteiger partial charge is 0.339 e. The van der Waals surface area contributed by atoms with Crippen LogP contribution in [0.15, 0.2) is 54.6 Å². The van der Waals surface area contributed by atoms with Crippen LogP contribution in [0.2, 0.25) is 0 Å². The van der Waals surface area contributed by atoms with E-state index >= 15 is 0 Å². The molecule has 0 aromatic heterocycles. The molecule has 2 aromatic rings. The standard InChI is InChI=1S/C17H15ClO4/c18-11-10-15(12-6-2-1-3-7-12)22-17(21)14-9-5-4-8-13(14)16(19)20/h1-9,15H,10-11H2,(H,19,20)/t15-/m1/s1. The zero-order valence-electron chi connectivity index (χ0n) is 11.7. The maximum atomic E-state index is 12.3. The average Bonchev–Trinajstić information content (AvgIpc) is 2.55. The highest BCUT2D eigenvalue weighted by Gasteiger charge is 2.21. The number of halogens is 1. The summed E-state index contributed by atoms with van der Waals surface area (Å²) >= 11 is 5.77. The zero-order valence-corrected chi connectivity index (χ0v) is 12.5. The van der Waals surface area contributed by atoms with E-state index in [0.717, 1.165) is 5.56 Å². The van der Waals surface area contributed by atoms with Gasteiger partial charge in [0.05, 0.1) is 11.1 Å². The second-order valence-electron chi connectivity index (χ2n) is 4.63. The predicted molar refractivity (Wildman–Crippen MR) is 83.3 cm³/mol. The molecule has 0 bridgehead atoms. The number of carboxylic acids is 1. The highest BCUT2D eigenvalue weighted by atomic mass is 35.5. The van der Waals surface area contributed by atoms with Gasteiger partial charge >= 0.3 is 11.9 Å². The van der Waals surface area contributed by atoms with Gasteiger partial charge in [0.2, 0.25) is 0 Å². The molecule has 0 aliphatic rings. The lowest BCUT2D eigenvalue weighted by Gasteiger charge is -2.18. The molecular formula is C17H15ClO4. The Hall–Kier alpha value is -2.33. The van der Waals surface area contributed by atoms with Crippen LogP contribution in [0.4, 0.5) is 0 Å². The first kappa shape index (κ1) is 16.0. The van der Waals surface area contributed by atoms with Gasteiger partial charge in [0.1, 0.15) is 6.10 Å². The molecule has 22 heavy (non-hydrogen) atoms. The zero-order chi connectivity index (χ0) is 15.9. The predicted octanol–water partition coefficient (Wildman–Crippen LogP) is 3.91. The molecule has 1 atom stereocenters. The maximum Gasteiger partial charge on any atom is 0.339 e. The van der Waals surface area contributed by atoms with Gasteiger partial charge in [0.15, 0.2) is 0 Å². The Bertz CT molecular complexity index is 655. The van der Waals surface area contributed by atoms with Crippen molar-refractivity contribution in [1.29, 1.82) is 0 Å². The molecule has 0 unspecified atom stereocenters. The first-order valence-corrected chi connectivity index (χ1v) is 7.31. The van der Waals surface area contributed by atoms with E-state index in [1.54, 1.807) is 12.1 Å². The van der Waals surface area contributed by atoms with Crippen LogP contribution in [0.5, 0.6) is 0 Å². The van der Waals surface area contributed by atoms with E-state index in [2.05, 4.69) is 0 Å². The number of benzene rings is 2. The molecule has 0 saturated carbocycles. The number of alkyl halides is 1. The van der Waals surface area contributed by atoms with Gasteiger partial charge in [-0.3, -0.25) is 0 Å². The summed E-state index contributed by atoms with van der Waals surface area (Å²) in [4.78, 5) is 23.5. The number of aromatic carboxylic acids is 1. The van der Waals surface area contributed by atoms with Crippen LogP contribution in [0.1, 0.15) is 38.8 Å². The van der Waals surface area contributed by atoms with E-state index in [9.17, 15) is 9.59 Å². The molecule has 114 valence electrons. The fraction of sp³-hybridized carbons (Fsp3) is 0.176. The van der Waals surface area contributed by atoms with Crippen molar-refractivity contribution in [3.8, 4) is 0 Å². The maximum absolute atomic E-state index is 12.3. The highest BCUT2D eigenvalue weighted by Crippen LogP contribution is 2.24. The summed E-state index contributed by atoms with van der Waals surface area (Å²) in [7, 11) is 0. The van der Waals surface area contributed by atoms with Gasteiger partial charge in [-0.25, -0.2) is 9.59 Å². The number of hydrogen-bond donors (Lipinski definition) is 1. The number of rotatable bonds is 6. The molecule has 5 heteroatoms. The minimum absolute atomic E-state index is 0.0329. The first-order chi connectivity index (χ1) is 10.6. The van der Waals surface area contributed by atoms with Crippen molar-refractivity contribution in [2.24, 2.45) is 0 Å². The summed E-state index contributed by atoms with van der Waals surface area (Å²) in [5, 5.41) is 9.14. The monoisotopic (exact) mass is 318 g/mol. The molecule has 2 aromatic carbocycles. The third kappa shape index (κ3) is 3.86. The van der Waals surface area contributed by atoms with E-state index in [4.69, 9.17) is 21.4 Å². The van der Waals surface area contributed by atoms with E-state index in [1.165, 1.54) is 12.1 Å². The van der Waals surface area contributed by atoms with E-state index in [1.807, 2.05) is 30.3 Å². The lowest BCUT2D eigenvalue weighted by molar-refractivity contribution is 0.0284. The molecule has 0 radical (unpaired) electrons. The van der Waals surface area contributed by atoms with Crippen molar-refractivity contribution in [2.45, 2.75) is 12.5 Å². The molecule has 0 amide bonds. The van der Waals surface area contributed by atoms with Gasteiger partial charge in [-0.2, -0.15) is 0 Å². The number of ether oxygens (including phenoxy) is 1. The second-order valence-corrected chi connectivity index (χ2v) is 5.01. The third-order valence-electron chi connectivity index (χ3n) is 3.17. The molecule has 0 aliphatic heterocycles. The molecule has 0 spiro atoms. The summed E-state index contributed by atoms with van der Waals surface area (Å²) in [6, 6.07) is 15.2. The fourth-order valence-electron chi connectivity index (χ4n) is 2.10. The topological polar surface area (TPSA) is 63.6 Å². The van der Waals surface area contributed by atoms with Crippen molar-refractivity contribution in [2.75, 3.05) is 5.88 Å². The fourth-order valence-corrected chi connectivity index (χ4v) is 2.30. The van der Waals surface area contributed by atoms with Crippen LogP contribution in [0, 0.1) is 0 Å². The van der Waals surface area contributed by atoms with Crippen molar-refractivity contribution < 1.29 is 19.4 Å². The summed E-state index contributed by atoms with van der Waals surface area (Å²) in [5.74, 6) is -1.51. The Balaban J connectivity index is 2.24. The van der Waals surface area contributed by atoms with Gasteiger partial charge in [0, 0.05) is 12.3 Å². The Morgan fingerprint density at radius 2 is 1.59 bits per heavy atom. The number of carboxylic acid groups (broad SMARTS) is 1. The van der Waals surface area contributed by atoms with Gasteiger partial charge in [-0.05, 0) is 17.7 Å². The molecule has 1 N–H and O–H groups in total. The quantitative estimate of drug-likeness (QED) is 0.648. The Kier molecular flexibility index (Phi) is 5.55. The largest absolute Gasteiger partial charge is 0.478 e. The minimum Gasteiger partial charge on any atom is -0.478 e. The molecule has 0 saturated heterocycles. The van der Waals surface area contributed by atoms with Crippen molar-refractivity contribution in [1.82, 2.24) is 0 Å². The highest BCUT2D eigenvalue weighted by molar-refractivity contribution is 6.17. The van der Waals surface area contributed by atoms with Crippen molar-refractivity contribution in [3.63, 3.8) is 0 Å². The molecule has 0 aliphatic carbocycles. The van der Waals surface area contributed by atoms with Crippen LogP contribution in [0.3, 0.4) is 0 Å².